The molecule has 3 heterocycles. The molecule has 0 aliphatic rings. The molecule has 156 valence electrons. The van der Waals surface area contributed by atoms with Crippen LogP contribution in [-0.2, 0) is 11.3 Å². The second-order valence-corrected chi connectivity index (χ2v) is 8.11. The third-order valence-electron chi connectivity index (χ3n) is 5.45. The fourth-order valence-corrected chi connectivity index (χ4v) is 3.73. The van der Waals surface area contributed by atoms with Crippen molar-refractivity contribution >= 4 is 17.1 Å². The molecule has 0 radical (unpaired) electrons. The van der Waals surface area contributed by atoms with Crippen LogP contribution in [0.2, 0.25) is 0 Å². The van der Waals surface area contributed by atoms with Crippen molar-refractivity contribution in [1.29, 1.82) is 0 Å². The largest absolute Gasteiger partial charge is 0.346 e. The molecule has 0 fully saturated rings. The van der Waals surface area contributed by atoms with E-state index in [1.54, 1.807) is 6.20 Å². The van der Waals surface area contributed by atoms with Gasteiger partial charge in [-0.3, -0.25) is 9.48 Å². The first-order valence-corrected chi connectivity index (χ1v) is 10.4. The Labute approximate surface area is 172 Å². The summed E-state index contributed by atoms with van der Waals surface area (Å²) in [5, 5.41) is 7.69. The number of amides is 1. The zero-order valence-electron chi connectivity index (χ0n) is 18.3. The molecule has 7 nitrogen and oxygen atoms in total. The van der Waals surface area contributed by atoms with E-state index >= 15 is 0 Å². The van der Waals surface area contributed by atoms with Gasteiger partial charge in [0.25, 0.3) is 0 Å². The Kier molecular flexibility index (Phi) is 6.35. The second kappa shape index (κ2) is 8.76. The third kappa shape index (κ3) is 4.49. The lowest BCUT2D eigenvalue weighted by Crippen LogP contribution is -2.35. The van der Waals surface area contributed by atoms with E-state index < -0.39 is 0 Å². The van der Waals surface area contributed by atoms with E-state index in [4.69, 9.17) is 4.98 Å². The van der Waals surface area contributed by atoms with Crippen LogP contribution in [0.1, 0.15) is 69.8 Å². The molecule has 0 bridgehead atoms. The number of aryl methyl sites for hydroxylation is 3. The van der Waals surface area contributed by atoms with Gasteiger partial charge in [-0.2, -0.15) is 5.10 Å². The Morgan fingerprint density at radius 2 is 2.00 bits per heavy atom. The fourth-order valence-electron chi connectivity index (χ4n) is 3.73. The normalized spacial score (nSPS) is 13.8. The minimum Gasteiger partial charge on any atom is -0.346 e. The van der Waals surface area contributed by atoms with Gasteiger partial charge in [0.15, 0.2) is 5.65 Å². The molecule has 1 N–H and O–H groups in total. The lowest BCUT2D eigenvalue weighted by atomic mass is 9.98. The summed E-state index contributed by atoms with van der Waals surface area (Å²) in [7, 11) is 0. The van der Waals surface area contributed by atoms with Crippen LogP contribution in [0.15, 0.2) is 24.4 Å². The number of nitrogens with one attached hydrogen (secondary N) is 1. The number of carbonyl (C=O) groups is 1. The van der Waals surface area contributed by atoms with Crippen molar-refractivity contribution in [2.75, 3.05) is 0 Å². The van der Waals surface area contributed by atoms with Gasteiger partial charge in [-0.15, -0.1) is 0 Å². The maximum Gasteiger partial charge on any atom is 0.222 e. The van der Waals surface area contributed by atoms with E-state index in [-0.39, 0.29) is 23.9 Å². The molecular weight excluding hydrogens is 364 g/mol. The average Bonchev–Trinajstić information content (AvgIpc) is 3.22. The Balaban J connectivity index is 1.85. The van der Waals surface area contributed by atoms with Crippen LogP contribution in [0, 0.1) is 19.8 Å². The molecule has 1 amide bonds. The van der Waals surface area contributed by atoms with E-state index in [1.807, 2.05) is 36.7 Å². The van der Waals surface area contributed by atoms with E-state index in [0.29, 0.717) is 13.0 Å². The van der Waals surface area contributed by atoms with Crippen LogP contribution in [0.5, 0.6) is 0 Å². The molecule has 2 atom stereocenters. The van der Waals surface area contributed by atoms with Crippen molar-refractivity contribution < 1.29 is 4.79 Å². The lowest BCUT2D eigenvalue weighted by Gasteiger charge is -2.26. The van der Waals surface area contributed by atoms with Gasteiger partial charge in [0.1, 0.15) is 11.3 Å². The number of hydrogen-bond acceptors (Lipinski definition) is 4. The predicted octanol–water partition coefficient (Wildman–Crippen LogP) is 4.12. The van der Waals surface area contributed by atoms with Crippen molar-refractivity contribution in [3.8, 4) is 0 Å². The molecule has 0 aliphatic heterocycles. The molecule has 29 heavy (non-hydrogen) atoms. The zero-order valence-corrected chi connectivity index (χ0v) is 18.3. The van der Waals surface area contributed by atoms with Gasteiger partial charge in [-0.25, -0.2) is 9.97 Å². The van der Waals surface area contributed by atoms with Gasteiger partial charge in [0.05, 0.1) is 11.7 Å². The first-order valence-electron chi connectivity index (χ1n) is 10.4. The van der Waals surface area contributed by atoms with Crippen LogP contribution in [0.3, 0.4) is 0 Å². The molecule has 0 aromatic carbocycles. The standard InChI is InChI=1S/C22H32N6O/c1-7-15(4)20(25-19(29)10-12-27-17(6)13-16(5)26-27)22-24-18-9-8-11-23-21(18)28(22)14(2)3/h8-9,11,13-15,20H,7,10,12H2,1-6H3,(H,25,29). The Hall–Kier alpha value is -2.70. The van der Waals surface area contributed by atoms with Crippen molar-refractivity contribution in [2.24, 2.45) is 5.92 Å². The van der Waals surface area contributed by atoms with E-state index in [1.165, 1.54) is 0 Å². The highest BCUT2D eigenvalue weighted by atomic mass is 16.1. The summed E-state index contributed by atoms with van der Waals surface area (Å²) in [6.07, 6.45) is 3.12. The summed E-state index contributed by atoms with van der Waals surface area (Å²) in [4.78, 5) is 22.2. The van der Waals surface area contributed by atoms with Gasteiger partial charge < -0.3 is 9.88 Å². The van der Waals surface area contributed by atoms with Gasteiger partial charge in [0.2, 0.25) is 5.91 Å². The van der Waals surface area contributed by atoms with E-state index in [2.05, 4.69) is 47.7 Å². The Morgan fingerprint density at radius 3 is 2.62 bits per heavy atom. The molecule has 3 aromatic heterocycles. The number of nitrogens with zero attached hydrogens (tertiary/aromatic N) is 5. The predicted molar refractivity (Wildman–Crippen MR) is 115 cm³/mol. The minimum absolute atomic E-state index is 0.0122. The summed E-state index contributed by atoms with van der Waals surface area (Å²) in [5.41, 5.74) is 3.77. The van der Waals surface area contributed by atoms with Crippen LogP contribution >= 0.6 is 0 Å². The molecule has 0 saturated carbocycles. The summed E-state index contributed by atoms with van der Waals surface area (Å²) in [6, 6.07) is 5.93. The fraction of sp³-hybridized carbons (Fsp3) is 0.545. The Morgan fingerprint density at radius 1 is 1.24 bits per heavy atom. The number of carbonyl (C=O) groups excluding carboxylic acids is 1. The first kappa shape index (κ1) is 21.0. The van der Waals surface area contributed by atoms with Gasteiger partial charge in [-0.05, 0) is 51.8 Å². The quantitative estimate of drug-likeness (QED) is 0.621. The van der Waals surface area contributed by atoms with Crippen molar-refractivity contribution in [3.63, 3.8) is 0 Å². The van der Waals surface area contributed by atoms with Crippen LogP contribution < -0.4 is 5.32 Å². The van der Waals surface area contributed by atoms with E-state index in [9.17, 15) is 4.79 Å². The maximum absolute atomic E-state index is 12.8. The van der Waals surface area contributed by atoms with Gasteiger partial charge in [-0.1, -0.05) is 20.3 Å². The molecule has 3 rings (SSSR count). The summed E-state index contributed by atoms with van der Waals surface area (Å²) >= 11 is 0. The zero-order chi connectivity index (χ0) is 21.1. The van der Waals surface area contributed by atoms with Crippen molar-refractivity contribution in [2.45, 2.75) is 73.0 Å². The van der Waals surface area contributed by atoms with Crippen LogP contribution in [0.25, 0.3) is 11.2 Å². The van der Waals surface area contributed by atoms with Crippen molar-refractivity contribution in [1.82, 2.24) is 29.6 Å². The minimum atomic E-state index is -0.162. The van der Waals surface area contributed by atoms with E-state index in [0.717, 1.165) is 34.8 Å². The van der Waals surface area contributed by atoms with Crippen molar-refractivity contribution in [3.05, 3.63) is 41.6 Å². The topological polar surface area (TPSA) is 77.6 Å². The summed E-state index contributed by atoms with van der Waals surface area (Å²) in [5.74, 6) is 1.14. The maximum atomic E-state index is 12.8. The van der Waals surface area contributed by atoms with Crippen LogP contribution in [0.4, 0.5) is 0 Å². The highest BCUT2D eigenvalue weighted by molar-refractivity contribution is 5.77. The molecule has 2 unspecified atom stereocenters. The molecule has 7 heteroatoms. The van der Waals surface area contributed by atoms with Gasteiger partial charge in [0, 0.05) is 30.9 Å². The highest BCUT2D eigenvalue weighted by Gasteiger charge is 2.27. The second-order valence-electron chi connectivity index (χ2n) is 8.11. The third-order valence-corrected chi connectivity index (χ3v) is 5.45. The molecular formula is C22H32N6O. The number of fused-ring (bicyclic) bond motifs is 1. The lowest BCUT2D eigenvalue weighted by molar-refractivity contribution is -0.122. The molecule has 0 saturated heterocycles. The smallest absolute Gasteiger partial charge is 0.222 e. The molecule has 3 aromatic rings. The number of hydrogen-bond donors (Lipinski definition) is 1. The van der Waals surface area contributed by atoms with Gasteiger partial charge >= 0.3 is 0 Å². The number of rotatable bonds is 8. The Bertz CT molecular complexity index is 987. The summed E-state index contributed by atoms with van der Waals surface area (Å²) in [6.45, 7) is 13.1. The highest BCUT2D eigenvalue weighted by Crippen LogP contribution is 2.29. The number of imidazole rings is 1. The first-order chi connectivity index (χ1) is 13.8. The molecule has 0 spiro atoms. The van der Waals surface area contributed by atoms with Crippen LogP contribution in [-0.4, -0.2) is 30.2 Å². The number of aromatic nitrogens is 5. The number of pyridine rings is 1. The summed E-state index contributed by atoms with van der Waals surface area (Å²) < 4.78 is 4.04. The average molecular weight is 397 g/mol. The molecule has 0 aliphatic carbocycles. The monoisotopic (exact) mass is 396 g/mol. The SMILES string of the molecule is CCC(C)C(NC(=O)CCn1nc(C)cc1C)c1nc2cccnc2n1C(C)C.